The predicted octanol–water partition coefficient (Wildman–Crippen LogP) is 6.08. The molecule has 1 aromatic heterocycles. The van der Waals surface area contributed by atoms with E-state index in [1.54, 1.807) is 19.2 Å². The van der Waals surface area contributed by atoms with Gasteiger partial charge in [-0.1, -0.05) is 57.6 Å². The van der Waals surface area contributed by atoms with E-state index in [0.717, 1.165) is 20.9 Å². The van der Waals surface area contributed by atoms with E-state index in [1.165, 1.54) is 22.7 Å². The molecule has 2 aromatic carbocycles. The van der Waals surface area contributed by atoms with E-state index in [9.17, 15) is 9.18 Å². The molecule has 1 aliphatic heterocycles. The summed E-state index contributed by atoms with van der Waals surface area (Å²) in [6.07, 6.45) is 3.74. The summed E-state index contributed by atoms with van der Waals surface area (Å²) in [6.45, 7) is 0.284. The van der Waals surface area contributed by atoms with Crippen LogP contribution in [0.3, 0.4) is 0 Å². The third-order valence-electron chi connectivity index (χ3n) is 4.54. The fourth-order valence-electron chi connectivity index (χ4n) is 3.08. The van der Waals surface area contributed by atoms with Crippen LogP contribution >= 0.6 is 51.5 Å². The summed E-state index contributed by atoms with van der Waals surface area (Å²) < 4.78 is 17.7. The summed E-state index contributed by atoms with van der Waals surface area (Å²) in [4.78, 5) is 14.4. The van der Waals surface area contributed by atoms with Crippen molar-refractivity contribution in [2.75, 3.05) is 7.05 Å². The Morgan fingerprint density at radius 3 is 2.79 bits per heavy atom. The van der Waals surface area contributed by atoms with Crippen LogP contribution < -0.4 is 0 Å². The fourth-order valence-corrected chi connectivity index (χ4v) is 4.84. The lowest BCUT2D eigenvalue weighted by Crippen LogP contribution is -2.22. The molecule has 8 heteroatoms. The number of amides is 1. The van der Waals surface area contributed by atoms with E-state index < -0.39 is 0 Å². The molecule has 3 aromatic rings. The molecular formula is C20H13BrClFN2OS2. The Balaban J connectivity index is 1.84. The monoisotopic (exact) mass is 494 g/mol. The predicted molar refractivity (Wildman–Crippen MR) is 121 cm³/mol. The van der Waals surface area contributed by atoms with Crippen LogP contribution in [-0.2, 0) is 11.3 Å². The van der Waals surface area contributed by atoms with Crippen LogP contribution in [0.15, 0.2) is 52.0 Å². The molecule has 0 aliphatic carbocycles. The highest BCUT2D eigenvalue weighted by molar-refractivity contribution is 9.10. The van der Waals surface area contributed by atoms with E-state index in [1.807, 2.05) is 35.0 Å². The highest BCUT2D eigenvalue weighted by atomic mass is 79.9. The molecule has 28 heavy (non-hydrogen) atoms. The van der Waals surface area contributed by atoms with Gasteiger partial charge in [0.05, 0.1) is 11.4 Å². The van der Waals surface area contributed by atoms with Crippen molar-refractivity contribution in [2.24, 2.45) is 0 Å². The number of carbonyl (C=O) groups excluding carboxylic acids is 1. The van der Waals surface area contributed by atoms with Crippen molar-refractivity contribution in [1.29, 1.82) is 0 Å². The normalized spacial score (nSPS) is 16.0. The maximum absolute atomic E-state index is 14.3. The molecule has 0 bridgehead atoms. The molecule has 0 spiro atoms. The lowest BCUT2D eigenvalue weighted by molar-refractivity contribution is -0.121. The molecule has 1 aliphatic rings. The average molecular weight is 496 g/mol. The molecule has 1 amide bonds. The van der Waals surface area contributed by atoms with Crippen molar-refractivity contribution < 1.29 is 9.18 Å². The minimum atomic E-state index is -0.347. The molecule has 0 N–H and O–H groups in total. The molecule has 0 unspecified atom stereocenters. The highest BCUT2D eigenvalue weighted by Gasteiger charge is 2.29. The third-order valence-corrected chi connectivity index (χ3v) is 6.87. The zero-order valence-electron chi connectivity index (χ0n) is 14.6. The number of thiocarbonyl (C=S) groups is 1. The third kappa shape index (κ3) is 3.52. The van der Waals surface area contributed by atoms with Gasteiger partial charge >= 0.3 is 0 Å². The van der Waals surface area contributed by atoms with E-state index in [0.29, 0.717) is 19.8 Å². The van der Waals surface area contributed by atoms with Gasteiger partial charge in [0.1, 0.15) is 10.1 Å². The van der Waals surface area contributed by atoms with Gasteiger partial charge in [0.25, 0.3) is 5.91 Å². The number of hydrogen-bond donors (Lipinski definition) is 0. The molecule has 3 nitrogen and oxygen atoms in total. The summed E-state index contributed by atoms with van der Waals surface area (Å²) in [5.74, 6) is -0.470. The molecule has 2 heterocycles. The number of rotatable bonds is 3. The van der Waals surface area contributed by atoms with Gasteiger partial charge in [-0.15, -0.1) is 0 Å². The maximum Gasteiger partial charge on any atom is 0.265 e. The first-order chi connectivity index (χ1) is 13.3. The highest BCUT2D eigenvalue weighted by Crippen LogP contribution is 2.34. The van der Waals surface area contributed by atoms with Crippen molar-refractivity contribution in [1.82, 2.24) is 9.47 Å². The van der Waals surface area contributed by atoms with Gasteiger partial charge in [-0.25, -0.2) is 4.39 Å². The van der Waals surface area contributed by atoms with E-state index in [-0.39, 0.29) is 18.3 Å². The molecular weight excluding hydrogens is 483 g/mol. The van der Waals surface area contributed by atoms with Gasteiger partial charge in [-0.2, -0.15) is 0 Å². The number of aromatic nitrogens is 1. The molecule has 1 fully saturated rings. The van der Waals surface area contributed by atoms with E-state index >= 15 is 0 Å². The summed E-state index contributed by atoms with van der Waals surface area (Å²) in [6, 6.07) is 10.5. The van der Waals surface area contributed by atoms with Gasteiger partial charge in [-0.05, 0) is 36.4 Å². The molecule has 0 atom stereocenters. The van der Waals surface area contributed by atoms with Crippen LogP contribution in [0.25, 0.3) is 17.0 Å². The fraction of sp³-hybridized carbons (Fsp3) is 0.100. The molecule has 0 radical (unpaired) electrons. The second-order valence-electron chi connectivity index (χ2n) is 6.31. The number of likely N-dealkylation sites (N-methyl/N-ethyl adjacent to an activating group) is 1. The second kappa shape index (κ2) is 7.63. The average Bonchev–Trinajstić information content (AvgIpc) is 3.10. The van der Waals surface area contributed by atoms with Crippen LogP contribution in [0.1, 0.15) is 11.1 Å². The first-order valence-electron chi connectivity index (χ1n) is 8.28. The molecule has 4 rings (SSSR count). The van der Waals surface area contributed by atoms with Crippen molar-refractivity contribution >= 4 is 78.7 Å². The molecule has 142 valence electrons. The van der Waals surface area contributed by atoms with Gasteiger partial charge in [-0.3, -0.25) is 9.69 Å². The topological polar surface area (TPSA) is 25.2 Å². The Labute approximate surface area is 184 Å². The van der Waals surface area contributed by atoms with Crippen molar-refractivity contribution in [3.8, 4) is 0 Å². The zero-order chi connectivity index (χ0) is 20.0. The largest absolute Gasteiger partial charge is 0.342 e. The van der Waals surface area contributed by atoms with Gasteiger partial charge in [0, 0.05) is 44.8 Å². The zero-order valence-corrected chi connectivity index (χ0v) is 18.6. The summed E-state index contributed by atoms with van der Waals surface area (Å²) in [5, 5.41) is 1.33. The minimum absolute atomic E-state index is 0.122. The Kier molecular flexibility index (Phi) is 5.35. The SMILES string of the molecule is CN1C(=O)/C(=C/c2cn(Cc3c(F)cccc3Cl)c3ccc(Br)cc23)SC1=S. The summed E-state index contributed by atoms with van der Waals surface area (Å²) in [5.41, 5.74) is 2.20. The molecule has 0 saturated carbocycles. The standard InChI is InChI=1S/C20H13BrClFN2OS2/c1-24-19(26)18(28-20(24)27)7-11-9-25(17-6-5-12(21)8-13(11)17)10-14-15(22)3-2-4-16(14)23/h2-9H,10H2,1H3/b18-7-. The summed E-state index contributed by atoms with van der Waals surface area (Å²) in [7, 11) is 1.67. The van der Waals surface area contributed by atoms with Crippen molar-refractivity contribution in [3.63, 3.8) is 0 Å². The van der Waals surface area contributed by atoms with Crippen molar-refractivity contribution in [3.05, 3.63) is 73.9 Å². The van der Waals surface area contributed by atoms with Crippen LogP contribution in [0, 0.1) is 5.82 Å². The number of carbonyl (C=O) groups is 1. The number of fused-ring (bicyclic) bond motifs is 1. The maximum atomic E-state index is 14.3. The first-order valence-corrected chi connectivity index (χ1v) is 10.7. The van der Waals surface area contributed by atoms with E-state index in [2.05, 4.69) is 15.9 Å². The number of benzene rings is 2. The Bertz CT molecular complexity index is 1150. The number of hydrogen-bond acceptors (Lipinski definition) is 3. The van der Waals surface area contributed by atoms with Gasteiger partial charge in [0.15, 0.2) is 0 Å². The minimum Gasteiger partial charge on any atom is -0.342 e. The Hall–Kier alpha value is -1.67. The second-order valence-corrected chi connectivity index (χ2v) is 9.31. The first kappa shape index (κ1) is 19.6. The van der Waals surface area contributed by atoms with Crippen LogP contribution in [0.5, 0.6) is 0 Å². The smallest absolute Gasteiger partial charge is 0.265 e. The van der Waals surface area contributed by atoms with Crippen LogP contribution in [-0.4, -0.2) is 26.7 Å². The number of thioether (sulfide) groups is 1. The van der Waals surface area contributed by atoms with Crippen molar-refractivity contribution in [2.45, 2.75) is 6.54 Å². The lowest BCUT2D eigenvalue weighted by Gasteiger charge is -2.08. The lowest BCUT2D eigenvalue weighted by atomic mass is 10.1. The Morgan fingerprint density at radius 2 is 2.11 bits per heavy atom. The van der Waals surface area contributed by atoms with Crippen LogP contribution in [0.4, 0.5) is 4.39 Å². The van der Waals surface area contributed by atoms with Crippen LogP contribution in [0.2, 0.25) is 5.02 Å². The van der Waals surface area contributed by atoms with E-state index in [4.69, 9.17) is 23.8 Å². The van der Waals surface area contributed by atoms with Gasteiger partial charge in [0.2, 0.25) is 0 Å². The summed E-state index contributed by atoms with van der Waals surface area (Å²) >= 11 is 16.2. The number of nitrogens with zero attached hydrogens (tertiary/aromatic N) is 2. The number of halogens is 3. The van der Waals surface area contributed by atoms with Gasteiger partial charge < -0.3 is 4.57 Å². The quantitative estimate of drug-likeness (QED) is 0.325. The molecule has 1 saturated heterocycles. The Morgan fingerprint density at radius 1 is 1.32 bits per heavy atom.